The van der Waals surface area contributed by atoms with Crippen molar-refractivity contribution in [3.8, 4) is 28.8 Å². The van der Waals surface area contributed by atoms with Gasteiger partial charge >= 0.3 is 5.97 Å². The van der Waals surface area contributed by atoms with Crippen molar-refractivity contribution in [3.63, 3.8) is 0 Å². The number of carbonyl (C=O) groups excluding carboxylic acids is 1. The van der Waals surface area contributed by atoms with E-state index >= 15 is 0 Å². The minimum absolute atomic E-state index is 0.0777. The summed E-state index contributed by atoms with van der Waals surface area (Å²) < 4.78 is 12.6. The van der Waals surface area contributed by atoms with E-state index < -0.39 is 5.97 Å². The molecule has 1 aromatic heterocycles. The predicted octanol–water partition coefficient (Wildman–Crippen LogP) is 5.19. The number of unbranched alkanes of at least 4 members (excludes halogenated alkanes) is 1. The summed E-state index contributed by atoms with van der Waals surface area (Å²) >= 11 is 0. The molecule has 0 saturated heterocycles. The van der Waals surface area contributed by atoms with E-state index in [1.807, 2.05) is 60.7 Å². The fourth-order valence-corrected chi connectivity index (χ4v) is 3.00. The molecule has 1 heterocycles. The van der Waals surface area contributed by atoms with Gasteiger partial charge in [-0.05, 0) is 43.7 Å². The van der Waals surface area contributed by atoms with Crippen molar-refractivity contribution in [2.75, 3.05) is 13.2 Å². The van der Waals surface area contributed by atoms with E-state index in [0.717, 1.165) is 29.8 Å². The summed E-state index contributed by atoms with van der Waals surface area (Å²) in [5, 5.41) is 14.2. The number of ether oxygens (including phenoxy) is 2. The number of aromatic nitrogens is 2. The maximum Gasteiger partial charge on any atom is 0.348 e. The van der Waals surface area contributed by atoms with E-state index in [2.05, 4.69) is 6.92 Å². The topological polar surface area (TPSA) is 77.1 Å². The molecule has 2 aromatic carbocycles. The first-order chi connectivity index (χ1) is 15.2. The van der Waals surface area contributed by atoms with E-state index in [1.165, 1.54) is 6.08 Å². The number of hydrogen-bond acceptors (Lipinski definition) is 5. The van der Waals surface area contributed by atoms with E-state index in [4.69, 9.17) is 14.6 Å². The van der Waals surface area contributed by atoms with Crippen LogP contribution in [0.1, 0.15) is 32.3 Å². The highest BCUT2D eigenvalue weighted by Crippen LogP contribution is 2.28. The molecule has 0 atom stereocenters. The van der Waals surface area contributed by atoms with Crippen molar-refractivity contribution in [1.29, 1.82) is 5.26 Å². The molecule has 3 aromatic rings. The Bertz CT molecular complexity index is 1090. The van der Waals surface area contributed by atoms with E-state index in [0.29, 0.717) is 17.9 Å². The smallest absolute Gasteiger partial charge is 0.348 e. The first-order valence-electron chi connectivity index (χ1n) is 10.3. The second-order valence-corrected chi connectivity index (χ2v) is 6.83. The molecule has 0 radical (unpaired) electrons. The molecule has 0 fully saturated rings. The van der Waals surface area contributed by atoms with Gasteiger partial charge in [0.05, 0.1) is 18.9 Å². The van der Waals surface area contributed by atoms with Crippen molar-refractivity contribution in [2.24, 2.45) is 0 Å². The summed E-state index contributed by atoms with van der Waals surface area (Å²) in [5.74, 6) is 0.0982. The maximum absolute atomic E-state index is 12.1. The van der Waals surface area contributed by atoms with Crippen molar-refractivity contribution < 1.29 is 14.3 Å². The SMILES string of the molecule is CCCCOc1cccc(-c2nn(-c3ccccc3)cc2C=C(C#N)C(=O)OCC)c1. The number of hydrogen-bond donors (Lipinski definition) is 0. The molecule has 6 nitrogen and oxygen atoms in total. The van der Waals surface area contributed by atoms with Gasteiger partial charge in [0.1, 0.15) is 23.1 Å². The summed E-state index contributed by atoms with van der Waals surface area (Å²) in [7, 11) is 0. The Morgan fingerprint density at radius 2 is 1.97 bits per heavy atom. The van der Waals surface area contributed by atoms with Crippen molar-refractivity contribution in [2.45, 2.75) is 26.7 Å². The molecule has 31 heavy (non-hydrogen) atoms. The molecule has 0 unspecified atom stereocenters. The lowest BCUT2D eigenvalue weighted by Gasteiger charge is -2.07. The summed E-state index contributed by atoms with van der Waals surface area (Å²) in [6.07, 6.45) is 5.35. The summed E-state index contributed by atoms with van der Waals surface area (Å²) in [6, 6.07) is 19.2. The first kappa shape index (κ1) is 21.8. The third kappa shape index (κ3) is 5.61. The van der Waals surface area contributed by atoms with Gasteiger partial charge in [0.25, 0.3) is 0 Å². The Morgan fingerprint density at radius 3 is 2.68 bits per heavy atom. The van der Waals surface area contributed by atoms with Crippen LogP contribution in [0.4, 0.5) is 0 Å². The summed E-state index contributed by atoms with van der Waals surface area (Å²) in [4.78, 5) is 12.1. The highest BCUT2D eigenvalue weighted by Gasteiger charge is 2.16. The predicted molar refractivity (Wildman–Crippen MR) is 120 cm³/mol. The van der Waals surface area contributed by atoms with Gasteiger partial charge < -0.3 is 9.47 Å². The lowest BCUT2D eigenvalue weighted by molar-refractivity contribution is -0.137. The van der Waals surface area contributed by atoms with Gasteiger partial charge in [0.2, 0.25) is 0 Å². The number of carbonyl (C=O) groups is 1. The number of nitriles is 1. The zero-order valence-electron chi connectivity index (χ0n) is 17.7. The number of para-hydroxylation sites is 1. The molecular formula is C25H25N3O3. The van der Waals surface area contributed by atoms with Crippen LogP contribution in [0, 0.1) is 11.3 Å². The summed E-state index contributed by atoms with van der Waals surface area (Å²) in [5.41, 5.74) is 2.90. The average molecular weight is 415 g/mol. The molecule has 158 valence electrons. The highest BCUT2D eigenvalue weighted by molar-refractivity contribution is 5.98. The van der Waals surface area contributed by atoms with Crippen LogP contribution in [0.3, 0.4) is 0 Å². The molecular weight excluding hydrogens is 390 g/mol. The van der Waals surface area contributed by atoms with E-state index in [-0.39, 0.29) is 12.2 Å². The lowest BCUT2D eigenvalue weighted by atomic mass is 10.1. The van der Waals surface area contributed by atoms with Crippen LogP contribution >= 0.6 is 0 Å². The van der Waals surface area contributed by atoms with Gasteiger partial charge in [0, 0.05) is 17.3 Å². The quantitative estimate of drug-likeness (QED) is 0.208. The second-order valence-electron chi connectivity index (χ2n) is 6.83. The monoisotopic (exact) mass is 415 g/mol. The Labute approximate surface area is 182 Å². The minimum Gasteiger partial charge on any atom is -0.494 e. The maximum atomic E-state index is 12.1. The highest BCUT2D eigenvalue weighted by atomic mass is 16.5. The zero-order valence-corrected chi connectivity index (χ0v) is 17.7. The fraction of sp³-hybridized carbons (Fsp3) is 0.240. The third-order valence-electron chi connectivity index (χ3n) is 4.55. The van der Waals surface area contributed by atoms with Gasteiger partial charge in [-0.2, -0.15) is 10.4 Å². The summed E-state index contributed by atoms with van der Waals surface area (Å²) in [6.45, 7) is 4.67. The Kier molecular flexibility index (Phi) is 7.61. The fourth-order valence-electron chi connectivity index (χ4n) is 3.00. The van der Waals surface area contributed by atoms with E-state index in [9.17, 15) is 10.1 Å². The van der Waals surface area contributed by atoms with Crippen LogP contribution < -0.4 is 4.74 Å². The first-order valence-corrected chi connectivity index (χ1v) is 10.3. The molecule has 0 saturated carbocycles. The van der Waals surface area contributed by atoms with Crippen molar-refractivity contribution in [1.82, 2.24) is 9.78 Å². The molecule has 0 aliphatic carbocycles. The minimum atomic E-state index is -0.653. The number of benzene rings is 2. The van der Waals surface area contributed by atoms with Gasteiger partial charge in [-0.25, -0.2) is 9.48 Å². The molecule has 0 bridgehead atoms. The average Bonchev–Trinajstić information content (AvgIpc) is 3.22. The molecule has 0 spiro atoms. The Hall–Kier alpha value is -3.85. The van der Waals surface area contributed by atoms with Crippen LogP contribution in [-0.2, 0) is 9.53 Å². The van der Waals surface area contributed by atoms with E-state index in [1.54, 1.807) is 17.8 Å². The van der Waals surface area contributed by atoms with Gasteiger partial charge in [0.15, 0.2) is 0 Å². The Morgan fingerprint density at radius 1 is 1.16 bits per heavy atom. The van der Waals surface area contributed by atoms with Crippen molar-refractivity contribution in [3.05, 3.63) is 71.9 Å². The second kappa shape index (κ2) is 10.8. The van der Waals surface area contributed by atoms with Crippen LogP contribution in [0.25, 0.3) is 23.0 Å². The van der Waals surface area contributed by atoms with Gasteiger partial charge in [-0.3, -0.25) is 0 Å². The van der Waals surface area contributed by atoms with Crippen LogP contribution in [0.2, 0.25) is 0 Å². The van der Waals surface area contributed by atoms with Gasteiger partial charge in [-0.1, -0.05) is 43.7 Å². The third-order valence-corrected chi connectivity index (χ3v) is 4.55. The van der Waals surface area contributed by atoms with Crippen LogP contribution in [-0.4, -0.2) is 29.0 Å². The van der Waals surface area contributed by atoms with Crippen LogP contribution in [0.15, 0.2) is 66.4 Å². The normalized spacial score (nSPS) is 11.1. The largest absolute Gasteiger partial charge is 0.494 e. The van der Waals surface area contributed by atoms with Crippen LogP contribution in [0.5, 0.6) is 5.75 Å². The standard InChI is InChI=1S/C25H25N3O3/c1-3-5-14-31-23-13-9-10-19(16-23)24-21(15-20(17-26)25(29)30-4-2)18-28(27-24)22-11-7-6-8-12-22/h6-13,15-16,18H,3-5,14H2,1-2H3. The Balaban J connectivity index is 2.06. The molecule has 0 N–H and O–H groups in total. The number of nitrogens with zero attached hydrogens (tertiary/aromatic N) is 3. The molecule has 6 heteroatoms. The van der Waals surface area contributed by atoms with Gasteiger partial charge in [-0.15, -0.1) is 0 Å². The zero-order chi connectivity index (χ0) is 22.1. The molecule has 0 aliphatic rings. The molecule has 0 amide bonds. The number of rotatable bonds is 9. The molecule has 0 aliphatic heterocycles. The lowest BCUT2D eigenvalue weighted by Crippen LogP contribution is -2.06. The molecule has 3 rings (SSSR count). The van der Waals surface area contributed by atoms with Crippen molar-refractivity contribution >= 4 is 12.0 Å². The number of esters is 1.